The summed E-state index contributed by atoms with van der Waals surface area (Å²) in [5.74, 6) is -0.147. The fraction of sp³-hybridized carbons (Fsp3) is 0.241. The van der Waals surface area contributed by atoms with Crippen LogP contribution in [0.5, 0.6) is 5.75 Å². The average molecular weight is 467 g/mol. The highest BCUT2D eigenvalue weighted by Crippen LogP contribution is 2.29. The number of carbonyl (C=O) groups excluding carboxylic acids is 1. The zero-order valence-corrected chi connectivity index (χ0v) is 19.7. The minimum atomic E-state index is -0.361. The topological polar surface area (TPSA) is 79.6 Å². The Labute approximate surface area is 206 Å². The molecule has 0 aromatic heterocycles. The molecule has 0 atom stereocenters. The van der Waals surface area contributed by atoms with E-state index in [1.165, 1.54) is 11.1 Å². The van der Waals surface area contributed by atoms with E-state index in [1.54, 1.807) is 18.3 Å². The number of phenolic OH excluding ortho intramolecular Hbond substituents is 1. The molecule has 1 saturated heterocycles. The van der Waals surface area contributed by atoms with Crippen LogP contribution in [0.4, 0.5) is 0 Å². The SMILES string of the molecule is N#C/C(=C/N1CCN(C(c2ccccc2)c2ccccc2)CC1)C(=O)NCCc1ccc(O)cc1. The van der Waals surface area contributed by atoms with Crippen molar-refractivity contribution in [2.75, 3.05) is 32.7 Å². The maximum absolute atomic E-state index is 12.6. The molecule has 2 N–H and O–H groups in total. The monoisotopic (exact) mass is 466 g/mol. The molecule has 0 saturated carbocycles. The number of phenols is 1. The highest BCUT2D eigenvalue weighted by atomic mass is 16.3. The number of benzene rings is 3. The van der Waals surface area contributed by atoms with Gasteiger partial charge in [0.15, 0.2) is 0 Å². The number of nitrogens with one attached hydrogen (secondary N) is 1. The molecule has 1 aliphatic heterocycles. The predicted octanol–water partition coefficient (Wildman–Crippen LogP) is 3.87. The number of hydrogen-bond acceptors (Lipinski definition) is 5. The Bertz CT molecular complexity index is 1120. The maximum atomic E-state index is 12.6. The molecule has 0 unspecified atom stereocenters. The third-order valence-corrected chi connectivity index (χ3v) is 6.26. The first-order valence-corrected chi connectivity index (χ1v) is 11.9. The zero-order chi connectivity index (χ0) is 24.5. The highest BCUT2D eigenvalue weighted by Gasteiger charge is 2.26. The summed E-state index contributed by atoms with van der Waals surface area (Å²) in [5, 5.41) is 21.8. The summed E-state index contributed by atoms with van der Waals surface area (Å²) in [6, 6.07) is 30.1. The maximum Gasteiger partial charge on any atom is 0.263 e. The van der Waals surface area contributed by atoms with Crippen LogP contribution in [-0.4, -0.2) is 53.5 Å². The van der Waals surface area contributed by atoms with Gasteiger partial charge in [0.25, 0.3) is 5.91 Å². The Hall–Kier alpha value is -4.08. The summed E-state index contributed by atoms with van der Waals surface area (Å²) < 4.78 is 0. The molecule has 0 bridgehead atoms. The van der Waals surface area contributed by atoms with Gasteiger partial charge in [0.05, 0.1) is 6.04 Å². The smallest absolute Gasteiger partial charge is 0.263 e. The lowest BCUT2D eigenvalue weighted by atomic mass is 9.96. The number of carbonyl (C=O) groups is 1. The lowest BCUT2D eigenvalue weighted by Gasteiger charge is -2.39. The van der Waals surface area contributed by atoms with E-state index in [0.29, 0.717) is 13.0 Å². The van der Waals surface area contributed by atoms with Gasteiger partial charge in [-0.25, -0.2) is 0 Å². The Morgan fingerprint density at radius 2 is 1.49 bits per heavy atom. The molecular weight excluding hydrogens is 436 g/mol. The van der Waals surface area contributed by atoms with Crippen molar-refractivity contribution in [3.63, 3.8) is 0 Å². The van der Waals surface area contributed by atoms with E-state index < -0.39 is 0 Å². The normalized spacial score (nSPS) is 14.5. The van der Waals surface area contributed by atoms with E-state index in [2.05, 4.69) is 69.7 Å². The van der Waals surface area contributed by atoms with Crippen LogP contribution in [0.15, 0.2) is 96.7 Å². The second-order valence-electron chi connectivity index (χ2n) is 8.62. The van der Waals surface area contributed by atoms with Crippen molar-refractivity contribution in [1.82, 2.24) is 15.1 Å². The molecule has 3 aromatic carbocycles. The Balaban J connectivity index is 1.35. The van der Waals surface area contributed by atoms with Crippen molar-refractivity contribution in [1.29, 1.82) is 5.26 Å². The third kappa shape index (κ3) is 6.50. The summed E-state index contributed by atoms with van der Waals surface area (Å²) in [4.78, 5) is 17.1. The lowest BCUT2D eigenvalue weighted by Crippen LogP contribution is -2.46. The van der Waals surface area contributed by atoms with Crippen molar-refractivity contribution in [3.05, 3.63) is 113 Å². The van der Waals surface area contributed by atoms with Gasteiger partial charge in [-0.3, -0.25) is 9.69 Å². The van der Waals surface area contributed by atoms with E-state index in [-0.39, 0.29) is 23.3 Å². The van der Waals surface area contributed by atoms with E-state index in [4.69, 9.17) is 0 Å². The minimum absolute atomic E-state index is 0.117. The van der Waals surface area contributed by atoms with Gasteiger partial charge in [-0.1, -0.05) is 72.8 Å². The van der Waals surface area contributed by atoms with Crippen LogP contribution >= 0.6 is 0 Å². The van der Waals surface area contributed by atoms with Gasteiger partial charge in [0.2, 0.25) is 0 Å². The Morgan fingerprint density at radius 3 is 2.03 bits per heavy atom. The van der Waals surface area contributed by atoms with Gasteiger partial charge >= 0.3 is 0 Å². The number of aromatic hydroxyl groups is 1. The van der Waals surface area contributed by atoms with Crippen LogP contribution in [0.3, 0.4) is 0 Å². The van der Waals surface area contributed by atoms with Crippen molar-refractivity contribution < 1.29 is 9.90 Å². The van der Waals surface area contributed by atoms with Crippen molar-refractivity contribution in [2.45, 2.75) is 12.5 Å². The molecule has 0 radical (unpaired) electrons. The first kappa shape index (κ1) is 24.1. The van der Waals surface area contributed by atoms with Crippen molar-refractivity contribution >= 4 is 5.91 Å². The van der Waals surface area contributed by atoms with Crippen LogP contribution in [0.2, 0.25) is 0 Å². The molecule has 1 heterocycles. The van der Waals surface area contributed by atoms with E-state index >= 15 is 0 Å². The second kappa shape index (κ2) is 11.9. The fourth-order valence-corrected chi connectivity index (χ4v) is 4.41. The number of hydrogen-bond donors (Lipinski definition) is 2. The first-order chi connectivity index (χ1) is 17.1. The number of nitrogens with zero attached hydrogens (tertiary/aromatic N) is 3. The Kier molecular flexibility index (Phi) is 8.16. The standard InChI is InChI=1S/C29H30N4O2/c30-21-26(29(35)31-16-15-23-11-13-27(34)14-12-23)22-32-17-19-33(20-18-32)28(24-7-3-1-4-8-24)25-9-5-2-6-10-25/h1-14,22,28,34H,15-20H2,(H,31,35)/b26-22-. The van der Waals surface area contributed by atoms with E-state index in [1.807, 2.05) is 24.3 Å². The van der Waals surface area contributed by atoms with Gasteiger partial charge in [0, 0.05) is 38.9 Å². The molecule has 178 valence electrons. The Morgan fingerprint density at radius 1 is 0.914 bits per heavy atom. The molecule has 4 rings (SSSR count). The molecule has 3 aromatic rings. The van der Waals surface area contributed by atoms with Crippen LogP contribution in [0, 0.1) is 11.3 Å². The average Bonchev–Trinajstić information content (AvgIpc) is 2.90. The molecule has 6 heteroatoms. The number of piperazine rings is 1. The summed E-state index contributed by atoms with van der Waals surface area (Å²) in [6.45, 7) is 3.55. The lowest BCUT2D eigenvalue weighted by molar-refractivity contribution is -0.117. The molecule has 1 fully saturated rings. The second-order valence-corrected chi connectivity index (χ2v) is 8.62. The van der Waals surface area contributed by atoms with Crippen LogP contribution < -0.4 is 5.32 Å². The van der Waals surface area contributed by atoms with E-state index in [0.717, 1.165) is 31.7 Å². The molecule has 1 aliphatic rings. The van der Waals surface area contributed by atoms with Gasteiger partial charge in [0.1, 0.15) is 17.4 Å². The molecule has 6 nitrogen and oxygen atoms in total. The largest absolute Gasteiger partial charge is 0.508 e. The summed E-state index contributed by atoms with van der Waals surface area (Å²) >= 11 is 0. The molecule has 0 spiro atoms. The van der Waals surface area contributed by atoms with Gasteiger partial charge in [-0.15, -0.1) is 0 Å². The summed E-state index contributed by atoms with van der Waals surface area (Å²) in [6.07, 6.45) is 2.32. The van der Waals surface area contributed by atoms with Crippen LogP contribution in [0.1, 0.15) is 22.7 Å². The van der Waals surface area contributed by atoms with Gasteiger partial charge < -0.3 is 15.3 Å². The van der Waals surface area contributed by atoms with Crippen molar-refractivity contribution in [2.24, 2.45) is 0 Å². The number of rotatable bonds is 8. The fourth-order valence-electron chi connectivity index (χ4n) is 4.41. The summed E-state index contributed by atoms with van der Waals surface area (Å²) in [5.41, 5.74) is 3.64. The highest BCUT2D eigenvalue weighted by molar-refractivity contribution is 5.97. The van der Waals surface area contributed by atoms with E-state index in [9.17, 15) is 15.2 Å². The van der Waals surface area contributed by atoms with Crippen LogP contribution in [0.25, 0.3) is 0 Å². The van der Waals surface area contributed by atoms with Gasteiger partial charge in [-0.05, 0) is 35.2 Å². The quantitative estimate of drug-likeness (QED) is 0.389. The molecule has 35 heavy (non-hydrogen) atoms. The number of nitriles is 1. The molecular formula is C29H30N4O2. The number of amides is 1. The predicted molar refractivity (Wildman–Crippen MR) is 136 cm³/mol. The first-order valence-electron chi connectivity index (χ1n) is 11.9. The molecule has 1 amide bonds. The zero-order valence-electron chi connectivity index (χ0n) is 19.7. The summed E-state index contributed by atoms with van der Waals surface area (Å²) in [7, 11) is 0. The van der Waals surface area contributed by atoms with Gasteiger partial charge in [-0.2, -0.15) is 5.26 Å². The third-order valence-electron chi connectivity index (χ3n) is 6.26. The minimum Gasteiger partial charge on any atom is -0.508 e. The van der Waals surface area contributed by atoms with Crippen molar-refractivity contribution in [3.8, 4) is 11.8 Å². The van der Waals surface area contributed by atoms with Crippen LogP contribution in [-0.2, 0) is 11.2 Å². The molecule has 0 aliphatic carbocycles.